The number of nitrogens with two attached hydrogens (primary N) is 2. The Labute approximate surface area is 153 Å². The van der Waals surface area contributed by atoms with Gasteiger partial charge in [0.25, 0.3) is 5.91 Å². The first-order chi connectivity index (χ1) is 12.6. The van der Waals surface area contributed by atoms with Gasteiger partial charge in [-0.1, -0.05) is 6.42 Å². The summed E-state index contributed by atoms with van der Waals surface area (Å²) in [7, 11) is 0. The highest BCUT2D eigenvalue weighted by molar-refractivity contribution is 6.06. The molecule has 0 radical (unpaired) electrons. The van der Waals surface area contributed by atoms with E-state index in [1.54, 1.807) is 0 Å². The summed E-state index contributed by atoms with van der Waals surface area (Å²) in [4.78, 5) is 25.3. The lowest BCUT2D eigenvalue weighted by Crippen LogP contribution is -2.58. The van der Waals surface area contributed by atoms with E-state index in [4.69, 9.17) is 11.5 Å². The van der Waals surface area contributed by atoms with Gasteiger partial charge in [-0.25, -0.2) is 4.99 Å². The molecule has 2 heterocycles. The van der Waals surface area contributed by atoms with Gasteiger partial charge in [0.15, 0.2) is 0 Å². The van der Waals surface area contributed by atoms with Gasteiger partial charge >= 0.3 is 0 Å². The lowest BCUT2D eigenvalue weighted by Gasteiger charge is -2.45. The summed E-state index contributed by atoms with van der Waals surface area (Å²) in [5, 5.41) is 0. The molecule has 4 rings (SSSR count). The van der Waals surface area contributed by atoms with Gasteiger partial charge in [0, 0.05) is 24.3 Å². The highest BCUT2D eigenvalue weighted by Crippen LogP contribution is 2.39. The van der Waals surface area contributed by atoms with Crippen LogP contribution in [-0.4, -0.2) is 41.5 Å². The number of nitrogens with zero attached hydrogens (tertiary/aromatic N) is 4. The van der Waals surface area contributed by atoms with Gasteiger partial charge in [0.05, 0.1) is 0 Å². The molecule has 0 atom stereocenters. The van der Waals surface area contributed by atoms with Crippen LogP contribution in [0.1, 0.15) is 55.3 Å². The molecule has 2 fully saturated rings. The highest BCUT2D eigenvalue weighted by atomic mass is 16.2. The van der Waals surface area contributed by atoms with Gasteiger partial charge < -0.3 is 16.4 Å². The second-order valence-electron chi connectivity index (χ2n) is 7.36. The van der Waals surface area contributed by atoms with Gasteiger partial charge in [-0.05, 0) is 62.8 Å². The zero-order valence-corrected chi connectivity index (χ0v) is 15.0. The number of aliphatic imine (C=N–C) groups is 2. The first-order valence-corrected chi connectivity index (χ1v) is 9.48. The van der Waals surface area contributed by atoms with E-state index in [9.17, 15) is 4.79 Å². The molecule has 1 aliphatic carbocycles. The molecule has 0 unspecified atom stereocenters. The normalized spacial score (nSPS) is 22.3. The predicted octanol–water partition coefficient (Wildman–Crippen LogP) is 2.03. The Balaban J connectivity index is 1.63. The Morgan fingerprint density at radius 2 is 1.62 bits per heavy atom. The number of amides is 1. The van der Waals surface area contributed by atoms with Crippen molar-refractivity contribution in [1.29, 1.82) is 0 Å². The zero-order valence-electron chi connectivity index (χ0n) is 15.0. The van der Waals surface area contributed by atoms with Crippen LogP contribution in [0.2, 0.25) is 0 Å². The van der Waals surface area contributed by atoms with Gasteiger partial charge in [-0.2, -0.15) is 4.99 Å². The number of anilines is 1. The Bertz CT molecular complexity index is 742. The average Bonchev–Trinajstić information content (AvgIpc) is 3.16. The summed E-state index contributed by atoms with van der Waals surface area (Å²) >= 11 is 0. The van der Waals surface area contributed by atoms with Gasteiger partial charge in [-0.15, -0.1) is 0 Å². The van der Waals surface area contributed by atoms with E-state index >= 15 is 0 Å². The first-order valence-electron chi connectivity index (χ1n) is 9.48. The maximum atomic E-state index is 12.6. The van der Waals surface area contributed by atoms with E-state index < -0.39 is 5.66 Å². The van der Waals surface area contributed by atoms with Crippen molar-refractivity contribution in [3.8, 4) is 0 Å². The van der Waals surface area contributed by atoms with Crippen molar-refractivity contribution in [2.24, 2.45) is 21.5 Å². The molecular weight excluding hydrogens is 328 g/mol. The second-order valence-corrected chi connectivity index (χ2v) is 7.36. The number of benzene rings is 1. The number of guanidine groups is 2. The predicted molar refractivity (Wildman–Crippen MR) is 103 cm³/mol. The molecule has 0 bridgehead atoms. The van der Waals surface area contributed by atoms with Gasteiger partial charge in [0.1, 0.15) is 5.66 Å². The molecule has 1 saturated heterocycles. The minimum atomic E-state index is -0.450. The van der Waals surface area contributed by atoms with Crippen LogP contribution in [0.4, 0.5) is 5.69 Å². The van der Waals surface area contributed by atoms with Crippen molar-refractivity contribution in [3.05, 3.63) is 29.8 Å². The monoisotopic (exact) mass is 354 g/mol. The topological polar surface area (TPSA) is 100 Å². The number of rotatable bonds is 2. The summed E-state index contributed by atoms with van der Waals surface area (Å²) in [5.74, 6) is 0.725. The fourth-order valence-corrected chi connectivity index (χ4v) is 4.35. The summed E-state index contributed by atoms with van der Waals surface area (Å²) < 4.78 is 0. The van der Waals surface area contributed by atoms with E-state index in [0.29, 0.717) is 11.5 Å². The van der Waals surface area contributed by atoms with Crippen molar-refractivity contribution in [3.63, 3.8) is 0 Å². The van der Waals surface area contributed by atoms with Crippen LogP contribution in [-0.2, 0) is 0 Å². The molecule has 0 aromatic heterocycles. The standard InChI is InChI=1S/C19H26N6O/c20-17-22-18(21)25(19(23-17)10-2-1-3-11-19)15-8-6-14(7-9-15)16(26)24-12-4-5-13-24/h6-9H,1-5,10-13H2,(H4,20,21,22,23). The third kappa shape index (κ3) is 2.91. The highest BCUT2D eigenvalue weighted by Gasteiger charge is 2.42. The van der Waals surface area contributed by atoms with E-state index in [0.717, 1.165) is 57.3 Å². The summed E-state index contributed by atoms with van der Waals surface area (Å²) in [6.45, 7) is 1.70. The molecule has 7 nitrogen and oxygen atoms in total. The minimum absolute atomic E-state index is 0.101. The van der Waals surface area contributed by atoms with E-state index in [1.807, 2.05) is 34.1 Å². The van der Waals surface area contributed by atoms with Crippen LogP contribution >= 0.6 is 0 Å². The van der Waals surface area contributed by atoms with Crippen molar-refractivity contribution >= 4 is 23.5 Å². The maximum Gasteiger partial charge on any atom is 0.253 e. The number of hydrogen-bond acceptors (Lipinski definition) is 6. The van der Waals surface area contributed by atoms with Crippen LogP contribution in [0, 0.1) is 0 Å². The molecule has 1 saturated carbocycles. The largest absolute Gasteiger partial charge is 0.369 e. The molecular formula is C19H26N6O. The number of carbonyl (C=O) groups excluding carboxylic acids is 1. The number of hydrogen-bond donors (Lipinski definition) is 2. The second kappa shape index (κ2) is 6.63. The lowest BCUT2D eigenvalue weighted by molar-refractivity contribution is 0.0793. The molecule has 138 valence electrons. The Hall–Kier alpha value is -2.57. The Morgan fingerprint density at radius 1 is 0.962 bits per heavy atom. The van der Waals surface area contributed by atoms with E-state index in [1.165, 1.54) is 6.42 Å². The molecule has 2 aliphatic heterocycles. The Kier molecular flexibility index (Phi) is 4.30. The average molecular weight is 354 g/mol. The molecule has 1 spiro atoms. The first kappa shape index (κ1) is 16.9. The third-order valence-electron chi connectivity index (χ3n) is 5.62. The van der Waals surface area contributed by atoms with Crippen LogP contribution in [0.25, 0.3) is 0 Å². The fraction of sp³-hybridized carbons (Fsp3) is 0.526. The maximum absolute atomic E-state index is 12.6. The quantitative estimate of drug-likeness (QED) is 0.848. The number of carbonyl (C=O) groups is 1. The van der Waals surface area contributed by atoms with E-state index in [2.05, 4.69) is 9.98 Å². The van der Waals surface area contributed by atoms with Crippen molar-refractivity contribution < 1.29 is 4.79 Å². The zero-order chi connectivity index (χ0) is 18.1. The molecule has 1 aromatic carbocycles. The fourth-order valence-electron chi connectivity index (χ4n) is 4.35. The van der Waals surface area contributed by atoms with Crippen LogP contribution in [0.5, 0.6) is 0 Å². The van der Waals surface area contributed by atoms with Crippen LogP contribution < -0.4 is 16.4 Å². The van der Waals surface area contributed by atoms with Crippen LogP contribution in [0.15, 0.2) is 34.3 Å². The lowest BCUT2D eigenvalue weighted by atomic mass is 9.87. The summed E-state index contributed by atoms with van der Waals surface area (Å²) in [6, 6.07) is 7.64. The van der Waals surface area contributed by atoms with Gasteiger partial charge in [0.2, 0.25) is 11.9 Å². The molecule has 3 aliphatic rings. The van der Waals surface area contributed by atoms with Crippen molar-refractivity contribution in [2.75, 3.05) is 18.0 Å². The molecule has 1 aromatic rings. The smallest absolute Gasteiger partial charge is 0.253 e. The third-order valence-corrected chi connectivity index (χ3v) is 5.62. The van der Waals surface area contributed by atoms with E-state index in [-0.39, 0.29) is 11.9 Å². The number of likely N-dealkylation sites (tertiary alicyclic amines) is 1. The molecule has 7 heteroatoms. The van der Waals surface area contributed by atoms with Gasteiger partial charge in [-0.3, -0.25) is 9.69 Å². The molecule has 1 amide bonds. The SMILES string of the molecule is NC1=NC2(CCCCC2)N(c2ccc(C(=O)N3CCCC3)cc2)C(N)=N1. The van der Waals surface area contributed by atoms with Crippen molar-refractivity contribution in [1.82, 2.24) is 4.90 Å². The van der Waals surface area contributed by atoms with Crippen molar-refractivity contribution in [2.45, 2.75) is 50.6 Å². The Morgan fingerprint density at radius 3 is 2.27 bits per heavy atom. The van der Waals surface area contributed by atoms with Crippen LogP contribution in [0.3, 0.4) is 0 Å². The molecule has 4 N–H and O–H groups in total. The summed E-state index contributed by atoms with van der Waals surface area (Å²) in [5.41, 5.74) is 13.3. The molecule has 26 heavy (non-hydrogen) atoms. The minimum Gasteiger partial charge on any atom is -0.369 e. The summed E-state index contributed by atoms with van der Waals surface area (Å²) in [6.07, 6.45) is 7.36.